The molecule has 2 aliphatic heterocycles. The summed E-state index contributed by atoms with van der Waals surface area (Å²) in [5.74, 6) is 0.522. The third-order valence-corrected chi connectivity index (χ3v) is 7.85. The van der Waals surface area contributed by atoms with Crippen molar-refractivity contribution in [3.63, 3.8) is 0 Å². The summed E-state index contributed by atoms with van der Waals surface area (Å²) in [5, 5.41) is 3.21. The number of rotatable bonds is 6. The molecule has 3 heterocycles. The fraction of sp³-hybridized carbons (Fsp3) is 0.600. The summed E-state index contributed by atoms with van der Waals surface area (Å²) in [6.45, 7) is 4.63. The summed E-state index contributed by atoms with van der Waals surface area (Å²) in [6.07, 6.45) is 5.89. The van der Waals surface area contributed by atoms with Crippen LogP contribution in [-0.2, 0) is 9.53 Å². The van der Waals surface area contributed by atoms with Crippen LogP contribution >= 0.6 is 23.1 Å². The van der Waals surface area contributed by atoms with Crippen molar-refractivity contribution in [1.29, 1.82) is 0 Å². The maximum Gasteiger partial charge on any atom is 0.230 e. The largest absolute Gasteiger partial charge is 0.381 e. The number of para-hydroxylation sites is 1. The summed E-state index contributed by atoms with van der Waals surface area (Å²) in [4.78, 5) is 19.7. The Hall–Kier alpha value is -1.15. The molecule has 7 heteroatoms. The van der Waals surface area contributed by atoms with E-state index in [4.69, 9.17) is 4.74 Å². The Bertz CT molecular complexity index is 734. The molecule has 1 N–H and O–H groups in total. The smallest absolute Gasteiger partial charge is 0.230 e. The van der Waals surface area contributed by atoms with E-state index in [2.05, 4.69) is 21.3 Å². The van der Waals surface area contributed by atoms with Gasteiger partial charge in [-0.2, -0.15) is 0 Å². The van der Waals surface area contributed by atoms with Gasteiger partial charge in [-0.15, -0.1) is 11.3 Å². The minimum Gasteiger partial charge on any atom is -0.381 e. The Kier molecular flexibility index (Phi) is 6.32. The minimum atomic E-state index is 0.0782. The van der Waals surface area contributed by atoms with Crippen LogP contribution in [0.1, 0.15) is 32.1 Å². The molecule has 2 fully saturated rings. The number of ether oxygens (including phenoxy) is 1. The van der Waals surface area contributed by atoms with Crippen molar-refractivity contribution < 1.29 is 9.53 Å². The summed E-state index contributed by atoms with van der Waals surface area (Å²) in [7, 11) is 0. The highest BCUT2D eigenvalue weighted by molar-refractivity contribution is 8.01. The number of benzene rings is 1. The standard InChI is InChI=1S/C20H27N3O2S2/c24-18(14-26-19-22-16-6-2-3-7-17(16)27-19)21-15-20(8-12-25-13-9-20)23-10-4-1-5-11-23/h2-3,6-7H,1,4-5,8-15H2,(H,21,24). The number of carbonyl (C=O) groups excluding carboxylic acids is 1. The summed E-state index contributed by atoms with van der Waals surface area (Å²) < 4.78 is 7.74. The van der Waals surface area contributed by atoms with Crippen LogP contribution in [0.4, 0.5) is 0 Å². The molecule has 2 aliphatic rings. The average Bonchev–Trinajstić information content (AvgIpc) is 3.15. The summed E-state index contributed by atoms with van der Waals surface area (Å²) in [6, 6.07) is 8.11. The third-order valence-electron chi connectivity index (χ3n) is 5.67. The number of thiazole rings is 1. The van der Waals surface area contributed by atoms with Crippen molar-refractivity contribution in [2.75, 3.05) is 38.6 Å². The first-order valence-corrected chi connectivity index (χ1v) is 11.6. The number of hydrogen-bond acceptors (Lipinski definition) is 6. The second-order valence-electron chi connectivity index (χ2n) is 7.40. The predicted molar refractivity (Wildman–Crippen MR) is 112 cm³/mol. The van der Waals surface area contributed by atoms with Crippen LogP contribution in [0.15, 0.2) is 28.6 Å². The number of nitrogens with one attached hydrogen (secondary N) is 1. The van der Waals surface area contributed by atoms with Crippen LogP contribution in [0.3, 0.4) is 0 Å². The zero-order valence-corrected chi connectivity index (χ0v) is 17.2. The molecule has 4 rings (SSSR count). The van der Waals surface area contributed by atoms with Crippen molar-refractivity contribution in [2.45, 2.75) is 42.0 Å². The fourth-order valence-corrected chi connectivity index (χ4v) is 5.98. The van der Waals surface area contributed by atoms with Crippen LogP contribution in [0, 0.1) is 0 Å². The van der Waals surface area contributed by atoms with Crippen LogP contribution in [-0.4, -0.2) is 59.9 Å². The molecule has 5 nitrogen and oxygen atoms in total. The van der Waals surface area contributed by atoms with Gasteiger partial charge in [-0.25, -0.2) is 4.98 Å². The fourth-order valence-electron chi connectivity index (χ4n) is 4.08. The molecule has 2 saturated heterocycles. The zero-order valence-electron chi connectivity index (χ0n) is 15.6. The predicted octanol–water partition coefficient (Wildman–Crippen LogP) is 3.54. The highest BCUT2D eigenvalue weighted by Crippen LogP contribution is 2.31. The van der Waals surface area contributed by atoms with Gasteiger partial charge in [-0.1, -0.05) is 30.3 Å². The van der Waals surface area contributed by atoms with E-state index in [1.807, 2.05) is 18.2 Å². The molecular formula is C20H27N3O2S2. The average molecular weight is 406 g/mol. The van der Waals surface area contributed by atoms with Gasteiger partial charge in [0, 0.05) is 25.3 Å². The number of nitrogens with zero attached hydrogens (tertiary/aromatic N) is 2. The maximum atomic E-state index is 12.5. The van der Waals surface area contributed by atoms with Crippen molar-refractivity contribution >= 4 is 39.2 Å². The molecule has 0 atom stereocenters. The normalized spacial score (nSPS) is 20.6. The van der Waals surface area contributed by atoms with E-state index in [1.165, 1.54) is 35.7 Å². The lowest BCUT2D eigenvalue weighted by atomic mass is 9.86. The lowest BCUT2D eigenvalue weighted by Gasteiger charge is -2.48. The van der Waals surface area contributed by atoms with E-state index in [1.54, 1.807) is 11.3 Å². The monoisotopic (exact) mass is 405 g/mol. The molecule has 146 valence electrons. The Morgan fingerprint density at radius 2 is 2.00 bits per heavy atom. The Morgan fingerprint density at radius 3 is 2.78 bits per heavy atom. The van der Waals surface area contributed by atoms with Crippen molar-refractivity contribution in [3.8, 4) is 0 Å². The number of aromatic nitrogens is 1. The summed E-state index contributed by atoms with van der Waals surface area (Å²) >= 11 is 3.19. The number of thioether (sulfide) groups is 1. The molecule has 27 heavy (non-hydrogen) atoms. The zero-order chi connectivity index (χ0) is 18.5. The Balaban J connectivity index is 1.32. The van der Waals surface area contributed by atoms with Gasteiger partial charge in [0.25, 0.3) is 0 Å². The van der Waals surface area contributed by atoms with Gasteiger partial charge in [-0.3, -0.25) is 9.69 Å². The molecule has 0 spiro atoms. The molecule has 1 aromatic heterocycles. The minimum absolute atomic E-state index is 0.0782. The maximum absolute atomic E-state index is 12.5. The van der Waals surface area contributed by atoms with Gasteiger partial charge in [0.1, 0.15) is 0 Å². The highest BCUT2D eigenvalue weighted by atomic mass is 32.2. The number of piperidine rings is 1. The Labute approximate surface area is 168 Å². The molecule has 0 aliphatic carbocycles. The number of likely N-dealkylation sites (tertiary alicyclic amines) is 1. The number of hydrogen-bond donors (Lipinski definition) is 1. The number of carbonyl (C=O) groups is 1. The highest BCUT2D eigenvalue weighted by Gasteiger charge is 2.39. The lowest BCUT2D eigenvalue weighted by Crippen LogP contribution is -2.59. The van der Waals surface area contributed by atoms with Gasteiger partial charge < -0.3 is 10.1 Å². The first-order chi connectivity index (χ1) is 13.3. The SMILES string of the molecule is O=C(CSc1nc2ccccc2s1)NCC1(N2CCCCC2)CCOCC1. The van der Waals surface area contributed by atoms with Gasteiger partial charge in [0.2, 0.25) is 5.91 Å². The molecule has 0 unspecified atom stereocenters. The van der Waals surface area contributed by atoms with Crippen LogP contribution in [0.2, 0.25) is 0 Å². The molecule has 2 aromatic rings. The van der Waals surface area contributed by atoms with E-state index in [-0.39, 0.29) is 11.4 Å². The lowest BCUT2D eigenvalue weighted by molar-refractivity contribution is -0.120. The molecular weight excluding hydrogens is 378 g/mol. The topological polar surface area (TPSA) is 54.5 Å². The van der Waals surface area contributed by atoms with E-state index >= 15 is 0 Å². The van der Waals surface area contributed by atoms with Gasteiger partial charge >= 0.3 is 0 Å². The second-order valence-corrected chi connectivity index (χ2v) is 9.65. The van der Waals surface area contributed by atoms with Crippen LogP contribution < -0.4 is 5.32 Å². The first kappa shape index (κ1) is 19.2. The second kappa shape index (κ2) is 8.90. The van der Waals surface area contributed by atoms with E-state index < -0.39 is 0 Å². The van der Waals surface area contributed by atoms with Crippen molar-refractivity contribution in [3.05, 3.63) is 24.3 Å². The van der Waals surface area contributed by atoms with Gasteiger partial charge in [0.15, 0.2) is 4.34 Å². The summed E-state index contributed by atoms with van der Waals surface area (Å²) in [5.41, 5.74) is 1.09. The number of fused-ring (bicyclic) bond motifs is 1. The number of amides is 1. The molecule has 0 bridgehead atoms. The van der Waals surface area contributed by atoms with Gasteiger partial charge in [0.05, 0.1) is 16.0 Å². The third kappa shape index (κ3) is 4.65. The van der Waals surface area contributed by atoms with Crippen molar-refractivity contribution in [2.24, 2.45) is 0 Å². The van der Waals surface area contributed by atoms with E-state index in [9.17, 15) is 4.79 Å². The Morgan fingerprint density at radius 1 is 1.22 bits per heavy atom. The van der Waals surface area contributed by atoms with E-state index in [0.29, 0.717) is 5.75 Å². The van der Waals surface area contributed by atoms with Crippen LogP contribution in [0.25, 0.3) is 10.2 Å². The first-order valence-electron chi connectivity index (χ1n) is 9.83. The van der Waals surface area contributed by atoms with Gasteiger partial charge in [-0.05, 0) is 50.9 Å². The molecule has 0 saturated carbocycles. The molecule has 0 radical (unpaired) electrons. The molecule has 1 amide bonds. The van der Waals surface area contributed by atoms with E-state index in [0.717, 1.165) is 55.5 Å². The van der Waals surface area contributed by atoms with Crippen molar-refractivity contribution in [1.82, 2.24) is 15.2 Å². The molecule has 1 aromatic carbocycles. The van der Waals surface area contributed by atoms with Crippen LogP contribution in [0.5, 0.6) is 0 Å². The quantitative estimate of drug-likeness (QED) is 0.745.